The molecule has 0 radical (unpaired) electrons. The van der Waals surface area contributed by atoms with Gasteiger partial charge in [-0.3, -0.25) is 5.01 Å². The van der Waals surface area contributed by atoms with E-state index in [1.165, 1.54) is 26.0 Å². The zero-order valence-corrected chi connectivity index (χ0v) is 22.8. The average Bonchev–Trinajstić information content (AvgIpc) is 3.45. The van der Waals surface area contributed by atoms with Gasteiger partial charge in [-0.1, -0.05) is 24.3 Å². The van der Waals surface area contributed by atoms with E-state index in [1.54, 1.807) is 22.8 Å². The summed E-state index contributed by atoms with van der Waals surface area (Å²) in [5.74, 6) is -0.789. The predicted molar refractivity (Wildman–Crippen MR) is 142 cm³/mol. The van der Waals surface area contributed by atoms with Crippen LogP contribution in [0, 0.1) is 12.3 Å². The number of alkyl halides is 3. The Morgan fingerprint density at radius 3 is 2.49 bits per heavy atom. The second-order valence-electron chi connectivity index (χ2n) is 10.5. The van der Waals surface area contributed by atoms with Gasteiger partial charge in [-0.25, -0.2) is 9.69 Å². The Bertz CT molecular complexity index is 1330. The standard InChI is InChI=1S/C28H30F3N3O4S/c1-18-16-21(12-13-22(18)37-25(2,3)23(35)36)39-17-26(14-6-5-7-15-26)28-32-34(24(38-28)33(28)4)20-10-8-19(9-11-20)27(29,30)31/h5-14,16,24,32H,15,17H2,1-4H3,(H,35,36). The molecule has 208 valence electrons. The number of hydrazine groups is 1. The summed E-state index contributed by atoms with van der Waals surface area (Å²) >= 11 is 1.64. The number of carboxylic acids is 1. The first-order valence-corrected chi connectivity index (χ1v) is 13.4. The van der Waals surface area contributed by atoms with Crippen LogP contribution in [0.15, 0.2) is 71.7 Å². The maximum absolute atomic E-state index is 13.1. The summed E-state index contributed by atoms with van der Waals surface area (Å²) in [5, 5.41) is 11.1. The minimum atomic E-state index is -4.40. The van der Waals surface area contributed by atoms with E-state index < -0.39 is 40.9 Å². The lowest BCUT2D eigenvalue weighted by Gasteiger charge is -2.55. The molecule has 3 fully saturated rings. The minimum absolute atomic E-state index is 0.459. The number of nitrogens with zero attached hydrogens (tertiary/aromatic N) is 2. The number of hydrogen-bond donors (Lipinski definition) is 2. The first-order valence-electron chi connectivity index (χ1n) is 12.4. The van der Waals surface area contributed by atoms with Crippen LogP contribution in [0.2, 0.25) is 0 Å². The van der Waals surface area contributed by atoms with Crippen molar-refractivity contribution in [2.75, 3.05) is 17.8 Å². The van der Waals surface area contributed by atoms with Crippen molar-refractivity contribution in [1.82, 2.24) is 10.3 Å². The van der Waals surface area contributed by atoms with Crippen LogP contribution in [0.4, 0.5) is 18.9 Å². The Morgan fingerprint density at radius 2 is 1.92 bits per heavy atom. The number of halogens is 3. The van der Waals surface area contributed by atoms with Crippen molar-refractivity contribution >= 4 is 23.4 Å². The highest BCUT2D eigenvalue weighted by Gasteiger charge is 2.70. The van der Waals surface area contributed by atoms with Crippen LogP contribution in [-0.4, -0.2) is 46.6 Å². The topological polar surface area (TPSA) is 74.3 Å². The van der Waals surface area contributed by atoms with Crippen molar-refractivity contribution in [3.05, 3.63) is 77.9 Å². The molecular weight excluding hydrogens is 531 g/mol. The van der Waals surface area contributed by atoms with E-state index in [2.05, 4.69) is 22.5 Å². The van der Waals surface area contributed by atoms with Crippen molar-refractivity contribution in [3.8, 4) is 5.75 Å². The maximum atomic E-state index is 13.1. The molecule has 7 nitrogen and oxygen atoms in total. The van der Waals surface area contributed by atoms with Crippen molar-refractivity contribution in [2.24, 2.45) is 5.41 Å². The van der Waals surface area contributed by atoms with Crippen molar-refractivity contribution in [2.45, 2.75) is 56.1 Å². The van der Waals surface area contributed by atoms with Crippen molar-refractivity contribution in [3.63, 3.8) is 0 Å². The lowest BCUT2D eigenvalue weighted by Crippen LogP contribution is -2.72. The third-order valence-corrected chi connectivity index (χ3v) is 8.66. The van der Waals surface area contributed by atoms with Crippen LogP contribution in [0.1, 0.15) is 31.4 Å². The number of ether oxygens (including phenoxy) is 2. The van der Waals surface area contributed by atoms with Gasteiger partial charge in [-0.05, 0) is 82.3 Å². The van der Waals surface area contributed by atoms with Gasteiger partial charge in [-0.2, -0.15) is 18.6 Å². The van der Waals surface area contributed by atoms with Gasteiger partial charge in [0.1, 0.15) is 5.75 Å². The van der Waals surface area contributed by atoms with E-state index in [4.69, 9.17) is 9.47 Å². The lowest BCUT2D eigenvalue weighted by atomic mass is 9.76. The van der Waals surface area contributed by atoms with Crippen LogP contribution in [0.3, 0.4) is 0 Å². The van der Waals surface area contributed by atoms with Crippen LogP contribution in [0.25, 0.3) is 0 Å². The van der Waals surface area contributed by atoms with Gasteiger partial charge in [0.15, 0.2) is 5.60 Å². The number of benzene rings is 2. The molecule has 4 aliphatic rings. The van der Waals surface area contributed by atoms with E-state index >= 15 is 0 Å². The highest BCUT2D eigenvalue weighted by atomic mass is 32.2. The fourth-order valence-electron chi connectivity index (χ4n) is 5.03. The molecule has 1 aliphatic carbocycles. The molecule has 2 N–H and O–H groups in total. The number of nitrogens with one attached hydrogen (secondary N) is 1. The van der Waals surface area contributed by atoms with Crippen LogP contribution >= 0.6 is 11.8 Å². The molecule has 3 aliphatic heterocycles. The molecule has 3 atom stereocenters. The van der Waals surface area contributed by atoms with Gasteiger partial charge in [0.25, 0.3) is 0 Å². The van der Waals surface area contributed by atoms with Crippen LogP contribution < -0.4 is 15.2 Å². The molecule has 6 rings (SSSR count). The number of carbonyl (C=O) groups is 1. The number of hydrogen-bond acceptors (Lipinski definition) is 7. The molecule has 0 amide bonds. The Kier molecular flexibility index (Phi) is 6.77. The zero-order chi connectivity index (χ0) is 28.2. The molecule has 2 aromatic rings. The van der Waals surface area contributed by atoms with Gasteiger partial charge in [0, 0.05) is 10.6 Å². The summed E-state index contributed by atoms with van der Waals surface area (Å²) in [6.45, 7) is 4.89. The monoisotopic (exact) mass is 561 g/mol. The third kappa shape index (κ3) is 4.71. The van der Waals surface area contributed by atoms with E-state index in [9.17, 15) is 23.1 Å². The first kappa shape index (κ1) is 27.6. The average molecular weight is 562 g/mol. The van der Waals surface area contributed by atoms with Crippen molar-refractivity contribution < 1.29 is 32.5 Å². The normalized spacial score (nSPS) is 26.5. The molecule has 0 spiro atoms. The number of aryl methyl sites for hydroxylation is 1. The molecule has 2 bridgehead atoms. The summed E-state index contributed by atoms with van der Waals surface area (Å²) < 4.78 is 51.3. The van der Waals surface area contributed by atoms with E-state index in [-0.39, 0.29) is 0 Å². The second-order valence-corrected chi connectivity index (χ2v) is 11.6. The first-order chi connectivity index (χ1) is 18.3. The van der Waals surface area contributed by atoms with Gasteiger partial charge < -0.3 is 14.6 Å². The zero-order valence-electron chi connectivity index (χ0n) is 22.0. The Hall–Kier alpha value is -2.99. The number of fused-ring (bicyclic) bond motifs is 1. The van der Waals surface area contributed by atoms with Gasteiger partial charge >= 0.3 is 12.1 Å². The van der Waals surface area contributed by atoms with Crippen LogP contribution in [-0.2, 0) is 15.7 Å². The van der Waals surface area contributed by atoms with Crippen LogP contribution in [0.5, 0.6) is 5.75 Å². The largest absolute Gasteiger partial charge is 0.478 e. The fraction of sp³-hybridized carbons (Fsp3) is 0.393. The molecule has 11 heteroatoms. The minimum Gasteiger partial charge on any atom is -0.478 e. The highest BCUT2D eigenvalue weighted by molar-refractivity contribution is 7.99. The smallest absolute Gasteiger partial charge is 0.416 e. The number of aliphatic carboxylic acids is 1. The Labute approximate surface area is 229 Å². The number of anilines is 1. The summed E-state index contributed by atoms with van der Waals surface area (Å²) in [4.78, 5) is 14.5. The van der Waals surface area contributed by atoms with E-state index in [0.29, 0.717) is 23.6 Å². The predicted octanol–water partition coefficient (Wildman–Crippen LogP) is 5.77. The van der Waals surface area contributed by atoms with Crippen molar-refractivity contribution in [1.29, 1.82) is 0 Å². The lowest BCUT2D eigenvalue weighted by molar-refractivity contribution is -0.341. The summed E-state index contributed by atoms with van der Waals surface area (Å²) in [6.07, 6.45) is 4.01. The fourth-order valence-corrected chi connectivity index (χ4v) is 6.29. The highest BCUT2D eigenvalue weighted by Crippen LogP contribution is 2.55. The molecule has 3 saturated heterocycles. The Balaban J connectivity index is 1.35. The van der Waals surface area contributed by atoms with Gasteiger partial charge in [0.05, 0.1) is 16.7 Å². The van der Waals surface area contributed by atoms with Gasteiger partial charge in [0.2, 0.25) is 12.2 Å². The molecule has 39 heavy (non-hydrogen) atoms. The maximum Gasteiger partial charge on any atom is 0.416 e. The quantitative estimate of drug-likeness (QED) is 0.394. The molecule has 2 aromatic carbocycles. The SMILES string of the molecule is Cc1cc(SCC2(C34NN(c5ccc(C(F)(F)F)cc5)C(O3)N4C)C=CC=CC2)ccc1OC(C)(C)C(=O)O. The number of allylic oxidation sites excluding steroid dienone is 3. The summed E-state index contributed by atoms with van der Waals surface area (Å²) in [5.41, 5.74) is 2.31. The molecular formula is C28H30F3N3O4S. The molecule has 3 heterocycles. The molecule has 0 aromatic heterocycles. The Morgan fingerprint density at radius 1 is 1.21 bits per heavy atom. The molecule has 3 unspecified atom stereocenters. The molecule has 0 saturated carbocycles. The number of thioether (sulfide) groups is 1. The second kappa shape index (κ2) is 9.58. The third-order valence-electron chi connectivity index (χ3n) is 7.41. The summed E-state index contributed by atoms with van der Waals surface area (Å²) in [6, 6.07) is 10.7. The van der Waals surface area contributed by atoms with Gasteiger partial charge in [-0.15, -0.1) is 11.8 Å². The number of carboxylic acid groups (broad SMARTS) is 1. The summed E-state index contributed by atoms with van der Waals surface area (Å²) in [7, 11) is 1.93. The van der Waals surface area contributed by atoms with E-state index in [1.807, 2.05) is 38.3 Å². The number of rotatable bonds is 8. The van der Waals surface area contributed by atoms with E-state index in [0.717, 1.165) is 22.6 Å².